The number of carbonyl (C=O) groups is 1. The van der Waals surface area contributed by atoms with Crippen molar-refractivity contribution in [2.45, 2.75) is 18.9 Å². The second kappa shape index (κ2) is 5.35. The Hall–Kier alpha value is -1.62. The molecule has 1 amide bonds. The number of rotatable bonds is 3. The summed E-state index contributed by atoms with van der Waals surface area (Å²) in [4.78, 5) is 25.3. The molecule has 1 saturated heterocycles. The molecule has 2 rings (SSSR count). The number of amides is 1. The van der Waals surface area contributed by atoms with E-state index in [2.05, 4.69) is 5.32 Å². The van der Waals surface area contributed by atoms with Crippen LogP contribution in [-0.2, 0) is 7.05 Å². The largest absolute Gasteiger partial charge is 0.340 e. The van der Waals surface area contributed by atoms with Crippen molar-refractivity contribution >= 4 is 5.91 Å². The number of nitrogens with one attached hydrogen (secondary N) is 1. The SMILES string of the molecule is CN(CC1CCCN1)C(=O)c1ccn(C)c(=O)c1. The van der Waals surface area contributed by atoms with Crippen molar-refractivity contribution < 1.29 is 4.79 Å². The molecule has 1 unspecified atom stereocenters. The number of carbonyl (C=O) groups excluding carboxylic acids is 1. The van der Waals surface area contributed by atoms with Gasteiger partial charge >= 0.3 is 0 Å². The minimum Gasteiger partial charge on any atom is -0.340 e. The van der Waals surface area contributed by atoms with Crippen LogP contribution < -0.4 is 10.9 Å². The molecule has 0 aliphatic carbocycles. The average molecular weight is 249 g/mol. The van der Waals surface area contributed by atoms with E-state index in [0.29, 0.717) is 18.2 Å². The highest BCUT2D eigenvalue weighted by Gasteiger charge is 2.19. The molecule has 1 aliphatic heterocycles. The van der Waals surface area contributed by atoms with E-state index in [0.717, 1.165) is 13.0 Å². The molecule has 0 spiro atoms. The van der Waals surface area contributed by atoms with Crippen LogP contribution in [0.1, 0.15) is 23.2 Å². The predicted octanol–water partition coefficient (Wildman–Crippen LogP) is 0.209. The number of likely N-dealkylation sites (N-methyl/N-ethyl adjacent to an activating group) is 1. The zero-order chi connectivity index (χ0) is 13.1. The van der Waals surface area contributed by atoms with Gasteiger partial charge in [0.25, 0.3) is 11.5 Å². The van der Waals surface area contributed by atoms with Gasteiger partial charge in [0.2, 0.25) is 0 Å². The van der Waals surface area contributed by atoms with Crippen LogP contribution in [0.25, 0.3) is 0 Å². The van der Waals surface area contributed by atoms with Gasteiger partial charge in [0.1, 0.15) is 0 Å². The number of aryl methyl sites for hydroxylation is 1. The van der Waals surface area contributed by atoms with Crippen molar-refractivity contribution in [3.8, 4) is 0 Å². The predicted molar refractivity (Wildman–Crippen MR) is 69.7 cm³/mol. The smallest absolute Gasteiger partial charge is 0.253 e. The molecule has 0 saturated carbocycles. The summed E-state index contributed by atoms with van der Waals surface area (Å²) >= 11 is 0. The van der Waals surface area contributed by atoms with E-state index in [4.69, 9.17) is 0 Å². The van der Waals surface area contributed by atoms with E-state index < -0.39 is 0 Å². The van der Waals surface area contributed by atoms with Crippen LogP contribution in [0.3, 0.4) is 0 Å². The maximum absolute atomic E-state index is 12.1. The summed E-state index contributed by atoms with van der Waals surface area (Å²) in [7, 11) is 3.45. The Morgan fingerprint density at radius 3 is 3.00 bits per heavy atom. The van der Waals surface area contributed by atoms with E-state index in [1.807, 2.05) is 0 Å². The Labute approximate surface area is 106 Å². The van der Waals surface area contributed by atoms with E-state index in [1.54, 1.807) is 31.3 Å². The van der Waals surface area contributed by atoms with Crippen LogP contribution >= 0.6 is 0 Å². The monoisotopic (exact) mass is 249 g/mol. The lowest BCUT2D eigenvalue weighted by atomic mass is 10.2. The van der Waals surface area contributed by atoms with Crippen molar-refractivity contribution in [3.63, 3.8) is 0 Å². The van der Waals surface area contributed by atoms with E-state index in [-0.39, 0.29) is 11.5 Å². The van der Waals surface area contributed by atoms with Gasteiger partial charge in [-0.2, -0.15) is 0 Å². The van der Waals surface area contributed by atoms with Crippen molar-refractivity contribution in [3.05, 3.63) is 34.2 Å². The van der Waals surface area contributed by atoms with Crippen LogP contribution in [-0.4, -0.2) is 41.6 Å². The first-order chi connectivity index (χ1) is 8.58. The molecule has 1 fully saturated rings. The van der Waals surface area contributed by atoms with Crippen LogP contribution in [0.4, 0.5) is 0 Å². The topological polar surface area (TPSA) is 54.3 Å². The second-order valence-corrected chi connectivity index (χ2v) is 4.84. The first-order valence-corrected chi connectivity index (χ1v) is 6.23. The minimum atomic E-state index is -0.159. The number of nitrogens with zero attached hydrogens (tertiary/aromatic N) is 2. The van der Waals surface area contributed by atoms with Gasteiger partial charge in [-0.3, -0.25) is 9.59 Å². The summed E-state index contributed by atoms with van der Waals surface area (Å²) in [5.74, 6) is -0.0959. The quantitative estimate of drug-likeness (QED) is 0.833. The maximum atomic E-state index is 12.1. The molecule has 1 aromatic heterocycles. The summed E-state index contributed by atoms with van der Waals surface area (Å²) in [6.07, 6.45) is 3.89. The van der Waals surface area contributed by atoms with Crippen molar-refractivity contribution in [1.29, 1.82) is 0 Å². The molecule has 1 aliphatic rings. The van der Waals surface area contributed by atoms with Crippen LogP contribution in [0.5, 0.6) is 0 Å². The highest BCUT2D eigenvalue weighted by atomic mass is 16.2. The van der Waals surface area contributed by atoms with E-state index >= 15 is 0 Å². The molecular formula is C13H19N3O2. The van der Waals surface area contributed by atoms with Gasteiger partial charge in [0.05, 0.1) is 0 Å². The molecule has 0 radical (unpaired) electrons. The molecule has 1 N–H and O–H groups in total. The van der Waals surface area contributed by atoms with Gasteiger partial charge in [0.15, 0.2) is 0 Å². The second-order valence-electron chi connectivity index (χ2n) is 4.84. The Kier molecular flexibility index (Phi) is 3.81. The lowest BCUT2D eigenvalue weighted by Gasteiger charge is -2.21. The third-order valence-electron chi connectivity index (χ3n) is 3.35. The van der Waals surface area contributed by atoms with Crippen LogP contribution in [0.2, 0.25) is 0 Å². The molecule has 2 heterocycles. The Balaban J connectivity index is 2.05. The molecule has 5 nitrogen and oxygen atoms in total. The molecule has 18 heavy (non-hydrogen) atoms. The fraction of sp³-hybridized carbons (Fsp3) is 0.538. The third kappa shape index (κ3) is 2.79. The number of aromatic nitrogens is 1. The number of hydrogen-bond acceptors (Lipinski definition) is 3. The van der Waals surface area contributed by atoms with Gasteiger partial charge < -0.3 is 14.8 Å². The summed E-state index contributed by atoms with van der Waals surface area (Å²) in [6, 6.07) is 3.45. The lowest BCUT2D eigenvalue weighted by molar-refractivity contribution is 0.0783. The first kappa shape index (κ1) is 12.8. The van der Waals surface area contributed by atoms with Crippen LogP contribution in [0, 0.1) is 0 Å². The third-order valence-corrected chi connectivity index (χ3v) is 3.35. The summed E-state index contributed by atoms with van der Waals surface area (Å²) in [6.45, 7) is 1.71. The molecule has 1 aromatic rings. The molecule has 1 atom stereocenters. The summed E-state index contributed by atoms with van der Waals surface area (Å²) < 4.78 is 1.45. The molecule has 0 aromatic carbocycles. The Morgan fingerprint density at radius 2 is 2.39 bits per heavy atom. The normalized spacial score (nSPS) is 18.9. The van der Waals surface area contributed by atoms with Crippen molar-refractivity contribution in [1.82, 2.24) is 14.8 Å². The van der Waals surface area contributed by atoms with Crippen molar-refractivity contribution in [2.75, 3.05) is 20.1 Å². The fourth-order valence-electron chi connectivity index (χ4n) is 2.23. The highest BCUT2D eigenvalue weighted by molar-refractivity contribution is 5.93. The number of pyridine rings is 1. The molecule has 0 bridgehead atoms. The van der Waals surface area contributed by atoms with Gasteiger partial charge in [-0.25, -0.2) is 0 Å². The van der Waals surface area contributed by atoms with E-state index in [1.165, 1.54) is 17.1 Å². The molecule has 5 heteroatoms. The number of hydrogen-bond donors (Lipinski definition) is 1. The van der Waals surface area contributed by atoms with Gasteiger partial charge in [-0.05, 0) is 25.5 Å². The zero-order valence-electron chi connectivity index (χ0n) is 10.8. The highest BCUT2D eigenvalue weighted by Crippen LogP contribution is 2.08. The van der Waals surface area contributed by atoms with Crippen molar-refractivity contribution in [2.24, 2.45) is 7.05 Å². The zero-order valence-corrected chi connectivity index (χ0v) is 10.8. The summed E-state index contributed by atoms with van der Waals surface area (Å²) in [5, 5.41) is 3.35. The Bertz CT molecular complexity index is 489. The van der Waals surface area contributed by atoms with E-state index in [9.17, 15) is 9.59 Å². The van der Waals surface area contributed by atoms with Gasteiger partial charge in [0, 0.05) is 44.5 Å². The Morgan fingerprint density at radius 1 is 1.61 bits per heavy atom. The average Bonchev–Trinajstić information content (AvgIpc) is 2.84. The minimum absolute atomic E-state index is 0.0959. The standard InChI is InChI=1S/C13H19N3O2/c1-15-7-5-10(8-12(15)17)13(18)16(2)9-11-4-3-6-14-11/h5,7-8,11,14H,3-4,6,9H2,1-2H3. The first-order valence-electron chi connectivity index (χ1n) is 6.23. The van der Waals surface area contributed by atoms with Gasteiger partial charge in [-0.1, -0.05) is 0 Å². The summed E-state index contributed by atoms with van der Waals surface area (Å²) in [5.41, 5.74) is 0.298. The fourth-order valence-corrected chi connectivity index (χ4v) is 2.23. The molecule has 98 valence electrons. The molecular weight excluding hydrogens is 230 g/mol. The van der Waals surface area contributed by atoms with Gasteiger partial charge in [-0.15, -0.1) is 0 Å². The maximum Gasteiger partial charge on any atom is 0.253 e. The van der Waals surface area contributed by atoms with Crippen LogP contribution in [0.15, 0.2) is 23.1 Å². The lowest BCUT2D eigenvalue weighted by Crippen LogP contribution is -2.39.